The van der Waals surface area contributed by atoms with Crippen LogP contribution in [0.3, 0.4) is 0 Å². The van der Waals surface area contributed by atoms with E-state index >= 15 is 0 Å². The number of carbonyl (C=O) groups is 2. The predicted molar refractivity (Wildman–Crippen MR) is 121 cm³/mol. The Morgan fingerprint density at radius 1 is 1.12 bits per heavy atom. The van der Waals surface area contributed by atoms with E-state index in [1.165, 1.54) is 17.0 Å². The maximum absolute atomic E-state index is 13.6. The number of likely N-dealkylation sites (tertiary alicyclic amines) is 1. The Hall–Kier alpha value is -2.15. The molecule has 4 rings (SSSR count). The van der Waals surface area contributed by atoms with Crippen LogP contribution in [-0.4, -0.2) is 74.2 Å². The van der Waals surface area contributed by atoms with Gasteiger partial charge < -0.3 is 14.5 Å². The van der Waals surface area contributed by atoms with Crippen LogP contribution in [0.4, 0.5) is 0 Å². The van der Waals surface area contributed by atoms with E-state index in [4.69, 9.17) is 16.3 Å². The van der Waals surface area contributed by atoms with Crippen LogP contribution in [0.1, 0.15) is 31.2 Å². The van der Waals surface area contributed by atoms with Gasteiger partial charge in [0.25, 0.3) is 0 Å². The van der Waals surface area contributed by atoms with Crippen molar-refractivity contribution in [2.24, 2.45) is 11.8 Å². The van der Waals surface area contributed by atoms with E-state index in [1.807, 2.05) is 0 Å². The molecule has 0 radical (unpaired) electrons. The minimum absolute atomic E-state index is 0.0681. The largest absolute Gasteiger partial charge is 0.378 e. The third-order valence-electron chi connectivity index (χ3n) is 7.04. The number of halogens is 1. The van der Waals surface area contributed by atoms with Crippen molar-refractivity contribution in [2.45, 2.75) is 48.8 Å². The maximum atomic E-state index is 13.6. The molecule has 2 heterocycles. The van der Waals surface area contributed by atoms with Crippen molar-refractivity contribution in [1.82, 2.24) is 9.80 Å². The van der Waals surface area contributed by atoms with Crippen molar-refractivity contribution in [2.75, 3.05) is 32.8 Å². The highest BCUT2D eigenvalue weighted by Gasteiger charge is 2.50. The zero-order valence-corrected chi connectivity index (χ0v) is 20.1. The van der Waals surface area contributed by atoms with Crippen LogP contribution >= 0.6 is 11.6 Å². The first kappa shape index (κ1) is 24.0. The van der Waals surface area contributed by atoms with Gasteiger partial charge >= 0.3 is 0 Å². The fourth-order valence-electron chi connectivity index (χ4n) is 5.30. The molecule has 4 atom stereocenters. The van der Waals surface area contributed by atoms with Crippen LogP contribution in [0.15, 0.2) is 23.1 Å². The predicted octanol–water partition coefficient (Wildman–Crippen LogP) is 2.19. The SMILES string of the molecule is Cc1cc(Cl)ccc1S(=O)(=O)[C@H]1C[C@@H](C(=O)N2CCOCC2)[C@H](C(=O)N2CCCC2C#N)C1. The molecule has 1 aliphatic carbocycles. The van der Waals surface area contributed by atoms with Gasteiger partial charge in [-0.2, -0.15) is 5.26 Å². The van der Waals surface area contributed by atoms with Gasteiger partial charge in [-0.05, 0) is 56.4 Å². The van der Waals surface area contributed by atoms with Crippen LogP contribution in [0.25, 0.3) is 0 Å². The highest BCUT2D eigenvalue weighted by atomic mass is 35.5. The van der Waals surface area contributed by atoms with Gasteiger partial charge in [-0.1, -0.05) is 11.6 Å². The second-order valence-electron chi connectivity index (χ2n) is 9.02. The van der Waals surface area contributed by atoms with Gasteiger partial charge in [0, 0.05) is 24.7 Å². The van der Waals surface area contributed by atoms with E-state index in [0.717, 1.165) is 6.42 Å². The Kier molecular flexibility index (Phi) is 6.99. The van der Waals surface area contributed by atoms with Crippen LogP contribution in [-0.2, 0) is 24.2 Å². The zero-order chi connectivity index (χ0) is 23.8. The second-order valence-corrected chi connectivity index (χ2v) is 11.7. The summed E-state index contributed by atoms with van der Waals surface area (Å²) >= 11 is 6.01. The van der Waals surface area contributed by atoms with E-state index in [2.05, 4.69) is 6.07 Å². The number of amides is 2. The zero-order valence-electron chi connectivity index (χ0n) is 18.6. The molecule has 2 saturated heterocycles. The first-order chi connectivity index (χ1) is 15.7. The molecule has 2 aliphatic heterocycles. The minimum Gasteiger partial charge on any atom is -0.378 e. The number of aryl methyl sites for hydroxylation is 1. The van der Waals surface area contributed by atoms with E-state index in [1.54, 1.807) is 17.9 Å². The summed E-state index contributed by atoms with van der Waals surface area (Å²) in [5.74, 6) is -1.98. The van der Waals surface area contributed by atoms with Gasteiger partial charge in [0.2, 0.25) is 11.8 Å². The van der Waals surface area contributed by atoms with Gasteiger partial charge in [-0.3, -0.25) is 9.59 Å². The van der Waals surface area contributed by atoms with Crippen LogP contribution in [0.2, 0.25) is 5.02 Å². The Bertz CT molecular complexity index is 1080. The van der Waals surface area contributed by atoms with Crippen LogP contribution < -0.4 is 0 Å². The normalized spacial score (nSPS) is 28.0. The molecule has 10 heteroatoms. The van der Waals surface area contributed by atoms with Gasteiger partial charge in [-0.25, -0.2) is 8.42 Å². The number of hydrogen-bond acceptors (Lipinski definition) is 6. The maximum Gasteiger partial charge on any atom is 0.227 e. The summed E-state index contributed by atoms with van der Waals surface area (Å²) in [4.78, 5) is 30.3. The van der Waals surface area contributed by atoms with Crippen molar-refractivity contribution in [3.8, 4) is 6.07 Å². The van der Waals surface area contributed by atoms with Crippen LogP contribution in [0, 0.1) is 30.1 Å². The first-order valence-electron chi connectivity index (χ1n) is 11.3. The van der Waals surface area contributed by atoms with Crippen molar-refractivity contribution in [3.63, 3.8) is 0 Å². The number of sulfone groups is 1. The smallest absolute Gasteiger partial charge is 0.227 e. The number of nitriles is 1. The lowest BCUT2D eigenvalue weighted by Crippen LogP contribution is -2.47. The topological polar surface area (TPSA) is 108 Å². The number of hydrogen-bond donors (Lipinski definition) is 0. The standard InChI is InChI=1S/C23H28ClN3O5S/c1-15-11-16(24)4-5-21(15)33(30,31)18-12-19(22(28)26-7-9-32-10-8-26)20(13-18)23(29)27-6-2-3-17(27)14-25/h4-5,11,17-20H,2-3,6-10,12-13H2,1H3/t17?,18-,19+,20+/m0/s1. The number of benzene rings is 1. The second kappa shape index (κ2) is 9.61. The highest BCUT2D eigenvalue weighted by Crippen LogP contribution is 2.42. The average Bonchev–Trinajstić information content (AvgIpc) is 3.46. The monoisotopic (exact) mass is 493 g/mol. The van der Waals surface area contributed by atoms with E-state index in [0.29, 0.717) is 49.9 Å². The Morgan fingerprint density at radius 2 is 1.79 bits per heavy atom. The van der Waals surface area contributed by atoms with E-state index < -0.39 is 33.0 Å². The van der Waals surface area contributed by atoms with E-state index in [-0.39, 0.29) is 29.6 Å². The summed E-state index contributed by atoms with van der Waals surface area (Å²) in [7, 11) is -3.78. The average molecular weight is 494 g/mol. The molecule has 0 spiro atoms. The summed E-state index contributed by atoms with van der Waals surface area (Å²) in [6, 6.07) is 6.28. The molecular formula is C23H28ClN3O5S. The lowest BCUT2D eigenvalue weighted by molar-refractivity contribution is -0.147. The molecule has 8 nitrogen and oxygen atoms in total. The van der Waals surface area contributed by atoms with Gasteiger partial charge in [0.1, 0.15) is 6.04 Å². The fraction of sp³-hybridized carbons (Fsp3) is 0.609. The molecule has 1 saturated carbocycles. The third kappa shape index (κ3) is 4.61. The number of carbonyl (C=O) groups excluding carboxylic acids is 2. The Labute approximate surface area is 199 Å². The molecule has 2 amide bonds. The van der Waals surface area contributed by atoms with Gasteiger partial charge in [-0.15, -0.1) is 0 Å². The highest BCUT2D eigenvalue weighted by molar-refractivity contribution is 7.92. The molecule has 33 heavy (non-hydrogen) atoms. The molecule has 1 aromatic rings. The summed E-state index contributed by atoms with van der Waals surface area (Å²) in [5, 5.41) is 9.04. The molecule has 178 valence electrons. The molecule has 3 fully saturated rings. The number of morpholine rings is 1. The summed E-state index contributed by atoms with van der Waals surface area (Å²) in [6.07, 6.45) is 1.48. The third-order valence-corrected chi connectivity index (χ3v) is 9.61. The molecule has 0 N–H and O–H groups in total. The van der Waals surface area contributed by atoms with E-state index in [9.17, 15) is 23.3 Å². The molecule has 1 aromatic carbocycles. The summed E-state index contributed by atoms with van der Waals surface area (Å²) < 4.78 is 32.5. The Morgan fingerprint density at radius 3 is 2.42 bits per heavy atom. The first-order valence-corrected chi connectivity index (χ1v) is 13.2. The van der Waals surface area contributed by atoms with Gasteiger partial charge in [0.15, 0.2) is 9.84 Å². The van der Waals surface area contributed by atoms with Crippen molar-refractivity contribution in [3.05, 3.63) is 28.8 Å². The lowest BCUT2D eigenvalue weighted by Gasteiger charge is -2.32. The van der Waals surface area contributed by atoms with Crippen LogP contribution in [0.5, 0.6) is 0 Å². The molecular weight excluding hydrogens is 466 g/mol. The number of ether oxygens (including phenoxy) is 1. The van der Waals surface area contributed by atoms with Gasteiger partial charge in [0.05, 0.1) is 41.3 Å². The van der Waals surface area contributed by atoms with Crippen molar-refractivity contribution < 1.29 is 22.7 Å². The fourth-order valence-corrected chi connectivity index (χ4v) is 7.57. The summed E-state index contributed by atoms with van der Waals surface area (Å²) in [5.41, 5.74) is 0.539. The summed E-state index contributed by atoms with van der Waals surface area (Å²) in [6.45, 7) is 3.84. The molecule has 3 aliphatic rings. The number of nitrogens with zero attached hydrogens (tertiary/aromatic N) is 3. The minimum atomic E-state index is -3.78. The van der Waals surface area contributed by atoms with Crippen molar-refractivity contribution in [1.29, 1.82) is 5.26 Å². The number of rotatable bonds is 4. The van der Waals surface area contributed by atoms with Crippen molar-refractivity contribution >= 4 is 33.3 Å². The molecule has 1 unspecified atom stereocenters. The quantitative estimate of drug-likeness (QED) is 0.636. The molecule has 0 bridgehead atoms. The Balaban J connectivity index is 1.65. The lowest BCUT2D eigenvalue weighted by atomic mass is 9.92. The molecule has 0 aromatic heterocycles.